The van der Waals surface area contributed by atoms with E-state index in [1.165, 1.54) is 5.56 Å². The molecule has 1 fully saturated rings. The second kappa shape index (κ2) is 9.65. The van der Waals surface area contributed by atoms with Crippen LogP contribution in [0.25, 0.3) is 0 Å². The summed E-state index contributed by atoms with van der Waals surface area (Å²) in [5, 5.41) is 6.02. The van der Waals surface area contributed by atoms with Crippen molar-refractivity contribution >= 4 is 17.6 Å². The standard InChI is InChI=1S/C24H31N3O3/c1-16-13-17(2)22(18(3)14-16)23(28)25-15-19-9-11-27(12-10-19)24(29)26-20-7-5-6-8-21(20)30-4/h5-8,13-14,19H,9-12,15H2,1-4H3,(H,25,28)(H,26,29). The van der Waals surface area contributed by atoms with Gasteiger partial charge < -0.3 is 20.3 Å². The molecule has 0 unspecified atom stereocenters. The van der Waals surface area contributed by atoms with Gasteiger partial charge in [-0.25, -0.2) is 4.79 Å². The summed E-state index contributed by atoms with van der Waals surface area (Å²) >= 11 is 0. The lowest BCUT2D eigenvalue weighted by atomic mass is 9.96. The second-order valence-corrected chi connectivity index (χ2v) is 8.04. The van der Waals surface area contributed by atoms with Crippen molar-refractivity contribution in [2.45, 2.75) is 33.6 Å². The number of amides is 3. The van der Waals surface area contributed by atoms with Gasteiger partial charge >= 0.3 is 6.03 Å². The van der Waals surface area contributed by atoms with Crippen LogP contribution in [0.4, 0.5) is 10.5 Å². The average Bonchev–Trinajstić information content (AvgIpc) is 2.72. The van der Waals surface area contributed by atoms with Crippen LogP contribution in [0.3, 0.4) is 0 Å². The van der Waals surface area contributed by atoms with Gasteiger partial charge in [-0.05, 0) is 62.8 Å². The molecule has 6 heteroatoms. The molecule has 0 atom stereocenters. The Hall–Kier alpha value is -3.02. The van der Waals surface area contributed by atoms with Crippen molar-refractivity contribution < 1.29 is 14.3 Å². The molecule has 0 aliphatic carbocycles. The SMILES string of the molecule is COc1ccccc1NC(=O)N1CCC(CNC(=O)c2c(C)cc(C)cc2C)CC1. The molecular weight excluding hydrogens is 378 g/mol. The summed E-state index contributed by atoms with van der Waals surface area (Å²) in [5.74, 6) is 1.00. The molecule has 0 radical (unpaired) electrons. The minimum Gasteiger partial charge on any atom is -0.495 e. The molecule has 3 rings (SSSR count). The van der Waals surface area contributed by atoms with Crippen molar-refractivity contribution in [3.63, 3.8) is 0 Å². The first-order chi connectivity index (χ1) is 14.4. The van der Waals surface area contributed by atoms with E-state index in [9.17, 15) is 9.59 Å². The number of piperidine rings is 1. The number of nitrogens with one attached hydrogen (secondary N) is 2. The molecule has 1 aliphatic heterocycles. The van der Waals surface area contributed by atoms with Crippen LogP contribution in [0.1, 0.15) is 39.9 Å². The number of aryl methyl sites for hydroxylation is 3. The Kier molecular flexibility index (Phi) is 6.98. The quantitative estimate of drug-likeness (QED) is 0.774. The van der Waals surface area contributed by atoms with E-state index in [-0.39, 0.29) is 11.9 Å². The molecule has 1 saturated heterocycles. The Morgan fingerprint density at radius 1 is 1.07 bits per heavy atom. The van der Waals surface area contributed by atoms with Crippen molar-refractivity contribution in [3.8, 4) is 5.75 Å². The Balaban J connectivity index is 1.49. The van der Waals surface area contributed by atoms with E-state index in [1.54, 1.807) is 7.11 Å². The van der Waals surface area contributed by atoms with Crippen molar-refractivity contribution in [2.75, 3.05) is 32.1 Å². The van der Waals surface area contributed by atoms with E-state index >= 15 is 0 Å². The number of nitrogens with zero attached hydrogens (tertiary/aromatic N) is 1. The highest BCUT2D eigenvalue weighted by Crippen LogP contribution is 2.24. The zero-order valence-corrected chi connectivity index (χ0v) is 18.2. The maximum Gasteiger partial charge on any atom is 0.321 e. The molecule has 1 aliphatic rings. The topological polar surface area (TPSA) is 70.7 Å². The van der Waals surface area contributed by atoms with E-state index in [0.717, 1.165) is 29.5 Å². The first-order valence-electron chi connectivity index (χ1n) is 10.4. The summed E-state index contributed by atoms with van der Waals surface area (Å²) in [6, 6.07) is 11.4. The third-order valence-electron chi connectivity index (χ3n) is 5.71. The van der Waals surface area contributed by atoms with E-state index in [2.05, 4.69) is 10.6 Å². The fraction of sp³-hybridized carbons (Fsp3) is 0.417. The Labute approximate surface area is 178 Å². The van der Waals surface area contributed by atoms with Crippen molar-refractivity contribution in [2.24, 2.45) is 5.92 Å². The van der Waals surface area contributed by atoms with Crippen LogP contribution in [0, 0.1) is 26.7 Å². The van der Waals surface area contributed by atoms with Gasteiger partial charge in [-0.2, -0.15) is 0 Å². The number of anilines is 1. The van der Waals surface area contributed by atoms with Gasteiger partial charge in [0.1, 0.15) is 5.75 Å². The number of ether oxygens (including phenoxy) is 1. The average molecular weight is 410 g/mol. The van der Waals surface area contributed by atoms with Crippen LogP contribution in [-0.4, -0.2) is 43.6 Å². The molecule has 3 amide bonds. The number of hydrogen-bond acceptors (Lipinski definition) is 3. The van der Waals surface area contributed by atoms with Crippen molar-refractivity contribution in [1.82, 2.24) is 10.2 Å². The maximum atomic E-state index is 12.7. The fourth-order valence-electron chi connectivity index (χ4n) is 4.15. The summed E-state index contributed by atoms with van der Waals surface area (Å²) < 4.78 is 5.29. The third kappa shape index (κ3) is 5.12. The van der Waals surface area contributed by atoms with Crippen molar-refractivity contribution in [3.05, 3.63) is 58.7 Å². The summed E-state index contributed by atoms with van der Waals surface area (Å²) in [7, 11) is 1.59. The monoisotopic (exact) mass is 409 g/mol. The fourth-order valence-corrected chi connectivity index (χ4v) is 4.15. The van der Waals surface area contributed by atoms with Gasteiger partial charge in [0.15, 0.2) is 0 Å². The number of rotatable bonds is 5. The highest BCUT2D eigenvalue weighted by Gasteiger charge is 2.24. The zero-order valence-electron chi connectivity index (χ0n) is 18.2. The Morgan fingerprint density at radius 3 is 2.33 bits per heavy atom. The molecule has 0 saturated carbocycles. The number of para-hydroxylation sites is 2. The van der Waals surface area contributed by atoms with E-state index in [1.807, 2.05) is 62.1 Å². The van der Waals surface area contributed by atoms with Gasteiger partial charge in [-0.3, -0.25) is 4.79 Å². The lowest BCUT2D eigenvalue weighted by Gasteiger charge is -2.32. The molecule has 2 N–H and O–H groups in total. The number of urea groups is 1. The summed E-state index contributed by atoms with van der Waals surface area (Å²) in [5.41, 5.74) is 4.62. The first kappa shape index (κ1) is 21.7. The van der Waals surface area contributed by atoms with Gasteiger partial charge in [-0.1, -0.05) is 29.8 Å². The number of carbonyl (C=O) groups is 2. The zero-order chi connectivity index (χ0) is 21.7. The van der Waals surface area contributed by atoms with Gasteiger partial charge in [0.25, 0.3) is 5.91 Å². The molecule has 6 nitrogen and oxygen atoms in total. The Bertz CT molecular complexity index is 895. The number of benzene rings is 2. The van der Waals surface area contributed by atoms with Crippen LogP contribution in [0.15, 0.2) is 36.4 Å². The van der Waals surface area contributed by atoms with Crippen LogP contribution in [0.5, 0.6) is 5.75 Å². The molecule has 0 aromatic heterocycles. The number of methoxy groups -OCH3 is 1. The molecule has 2 aromatic carbocycles. The molecule has 30 heavy (non-hydrogen) atoms. The van der Waals surface area contributed by atoms with Gasteiger partial charge in [0.2, 0.25) is 0 Å². The minimum atomic E-state index is -0.118. The van der Waals surface area contributed by atoms with Crippen LogP contribution in [-0.2, 0) is 0 Å². The first-order valence-corrected chi connectivity index (χ1v) is 10.4. The number of carbonyl (C=O) groups excluding carboxylic acids is 2. The number of likely N-dealkylation sites (tertiary alicyclic amines) is 1. The van der Waals surface area contributed by atoms with E-state index in [0.29, 0.717) is 37.0 Å². The minimum absolute atomic E-state index is 0.0126. The highest BCUT2D eigenvalue weighted by atomic mass is 16.5. The van der Waals surface area contributed by atoms with Crippen LogP contribution >= 0.6 is 0 Å². The largest absolute Gasteiger partial charge is 0.495 e. The van der Waals surface area contributed by atoms with Gasteiger partial charge in [-0.15, -0.1) is 0 Å². The lowest BCUT2D eigenvalue weighted by Crippen LogP contribution is -2.43. The number of hydrogen-bond donors (Lipinski definition) is 2. The smallest absolute Gasteiger partial charge is 0.321 e. The maximum absolute atomic E-state index is 12.7. The van der Waals surface area contributed by atoms with E-state index < -0.39 is 0 Å². The second-order valence-electron chi connectivity index (χ2n) is 8.04. The van der Waals surface area contributed by atoms with Gasteiger partial charge in [0, 0.05) is 25.2 Å². The normalized spacial score (nSPS) is 14.3. The van der Waals surface area contributed by atoms with Gasteiger partial charge in [0.05, 0.1) is 12.8 Å². The molecule has 0 bridgehead atoms. The molecule has 1 heterocycles. The Morgan fingerprint density at radius 2 is 1.70 bits per heavy atom. The van der Waals surface area contributed by atoms with Crippen LogP contribution in [0.2, 0.25) is 0 Å². The molecular formula is C24H31N3O3. The summed E-state index contributed by atoms with van der Waals surface area (Å²) in [6.07, 6.45) is 1.73. The predicted molar refractivity (Wildman–Crippen MR) is 119 cm³/mol. The highest BCUT2D eigenvalue weighted by molar-refractivity contribution is 5.97. The summed E-state index contributed by atoms with van der Waals surface area (Å²) in [4.78, 5) is 27.1. The van der Waals surface area contributed by atoms with Crippen LogP contribution < -0.4 is 15.4 Å². The van der Waals surface area contributed by atoms with Crippen molar-refractivity contribution in [1.29, 1.82) is 0 Å². The van der Waals surface area contributed by atoms with E-state index in [4.69, 9.17) is 4.74 Å². The lowest BCUT2D eigenvalue weighted by molar-refractivity contribution is 0.0937. The molecule has 2 aromatic rings. The summed E-state index contributed by atoms with van der Waals surface area (Å²) in [6.45, 7) is 7.97. The molecule has 0 spiro atoms. The predicted octanol–water partition coefficient (Wildman–Crippen LogP) is 4.29. The molecule has 160 valence electrons. The third-order valence-corrected chi connectivity index (χ3v) is 5.71.